The topological polar surface area (TPSA) is 142 Å². The van der Waals surface area contributed by atoms with Crippen molar-refractivity contribution in [3.8, 4) is 5.75 Å². The summed E-state index contributed by atoms with van der Waals surface area (Å²) < 4.78 is 58.5. The minimum atomic E-state index is -4.16. The van der Waals surface area contributed by atoms with Crippen molar-refractivity contribution in [2.24, 2.45) is 5.92 Å². The molecule has 11 nitrogen and oxygen atoms in total. The first-order valence-corrected chi connectivity index (χ1v) is 16.5. The lowest BCUT2D eigenvalue weighted by Gasteiger charge is -2.33. The molecule has 0 spiro atoms. The summed E-state index contributed by atoms with van der Waals surface area (Å²) in [5.74, 6) is 0.354. The largest absolute Gasteiger partial charge is 0.491 e. The maximum Gasteiger partial charge on any atom is 0.407 e. The summed E-state index contributed by atoms with van der Waals surface area (Å²) in [7, 11) is -4.16. The molecule has 43 heavy (non-hydrogen) atoms. The van der Waals surface area contributed by atoms with Crippen molar-refractivity contribution >= 4 is 16.1 Å². The normalized spacial score (nSPS) is 24.4. The number of ether oxygens (including phenoxy) is 5. The maximum absolute atomic E-state index is 13.6. The van der Waals surface area contributed by atoms with Crippen molar-refractivity contribution in [3.05, 3.63) is 60.2 Å². The van der Waals surface area contributed by atoms with Crippen molar-refractivity contribution in [3.63, 3.8) is 0 Å². The zero-order valence-corrected chi connectivity index (χ0v) is 25.4. The minimum Gasteiger partial charge on any atom is -0.491 e. The van der Waals surface area contributed by atoms with Gasteiger partial charge in [0.05, 0.1) is 42.3 Å². The summed E-state index contributed by atoms with van der Waals surface area (Å²) in [4.78, 5) is 13.1. The number of benzene rings is 2. The van der Waals surface area contributed by atoms with Crippen molar-refractivity contribution in [1.29, 1.82) is 0 Å². The van der Waals surface area contributed by atoms with Gasteiger partial charge >= 0.3 is 6.09 Å². The number of alkyl carbamates (subject to hydrolysis) is 1. The fraction of sp³-hybridized carbons (Fsp3) is 0.581. The fourth-order valence-corrected chi connectivity index (χ4v) is 6.99. The van der Waals surface area contributed by atoms with Gasteiger partial charge in [0.15, 0.2) is 6.29 Å². The van der Waals surface area contributed by atoms with Crippen molar-refractivity contribution in [2.45, 2.75) is 100 Å². The highest BCUT2D eigenvalue weighted by Crippen LogP contribution is 2.33. The summed E-state index contributed by atoms with van der Waals surface area (Å²) >= 11 is 0. The lowest BCUT2D eigenvalue weighted by molar-refractivity contribution is -0.0912. The van der Waals surface area contributed by atoms with Crippen LogP contribution in [-0.2, 0) is 35.4 Å². The number of nitrogens with one attached hydrogen (secondary N) is 2. The van der Waals surface area contributed by atoms with E-state index in [2.05, 4.69) is 10.0 Å². The molecule has 3 aliphatic rings. The van der Waals surface area contributed by atoms with E-state index in [1.165, 1.54) is 12.1 Å². The summed E-state index contributed by atoms with van der Waals surface area (Å²) in [6, 6.07) is 14.5. The molecular weight excluding hydrogens is 576 g/mol. The molecule has 0 radical (unpaired) electrons. The van der Waals surface area contributed by atoms with E-state index in [-0.39, 0.29) is 42.3 Å². The van der Waals surface area contributed by atoms with Crippen molar-refractivity contribution in [2.75, 3.05) is 13.2 Å². The molecule has 1 saturated carbocycles. The van der Waals surface area contributed by atoms with Gasteiger partial charge in [-0.05, 0) is 57.2 Å². The molecule has 2 saturated heterocycles. The highest BCUT2D eigenvalue weighted by molar-refractivity contribution is 7.89. The molecule has 1 amide bonds. The van der Waals surface area contributed by atoms with Gasteiger partial charge in [0.25, 0.3) is 0 Å². The molecule has 2 aliphatic heterocycles. The Hall–Kier alpha value is -2.74. The van der Waals surface area contributed by atoms with Gasteiger partial charge in [-0.1, -0.05) is 49.2 Å². The van der Waals surface area contributed by atoms with Crippen LogP contribution in [0.15, 0.2) is 59.5 Å². The summed E-state index contributed by atoms with van der Waals surface area (Å²) in [6.45, 7) is 4.47. The quantitative estimate of drug-likeness (QED) is 0.288. The van der Waals surface area contributed by atoms with Crippen LogP contribution in [0.25, 0.3) is 0 Å². The van der Waals surface area contributed by atoms with Crippen LogP contribution in [0.4, 0.5) is 4.79 Å². The fourth-order valence-electron chi connectivity index (χ4n) is 5.82. The molecule has 2 aromatic carbocycles. The number of sulfonamides is 1. The second kappa shape index (κ2) is 14.4. The maximum atomic E-state index is 13.6. The third kappa shape index (κ3) is 8.46. The van der Waals surface area contributed by atoms with Crippen LogP contribution in [0.3, 0.4) is 0 Å². The van der Waals surface area contributed by atoms with E-state index in [0.717, 1.165) is 37.7 Å². The third-order valence-electron chi connectivity index (χ3n) is 7.97. The van der Waals surface area contributed by atoms with Gasteiger partial charge in [0.2, 0.25) is 10.0 Å². The van der Waals surface area contributed by atoms with Crippen LogP contribution in [0.1, 0.15) is 51.5 Å². The van der Waals surface area contributed by atoms with Crippen molar-refractivity contribution in [1.82, 2.24) is 10.0 Å². The van der Waals surface area contributed by atoms with E-state index in [9.17, 15) is 18.3 Å². The first kappa shape index (κ1) is 31.7. The summed E-state index contributed by atoms with van der Waals surface area (Å²) in [5.41, 5.74) is 0.835. The van der Waals surface area contributed by atoms with Gasteiger partial charge in [0, 0.05) is 6.07 Å². The second-order valence-electron chi connectivity index (χ2n) is 11.6. The Morgan fingerprint density at radius 2 is 1.81 bits per heavy atom. The van der Waals surface area contributed by atoms with Gasteiger partial charge in [-0.3, -0.25) is 0 Å². The molecule has 5 rings (SSSR count). The van der Waals surface area contributed by atoms with Gasteiger partial charge in [-0.25, -0.2) is 13.2 Å². The Bertz CT molecular complexity index is 1300. The molecule has 3 N–H and O–H groups in total. The highest BCUT2D eigenvalue weighted by atomic mass is 32.2. The lowest BCUT2D eigenvalue weighted by Crippen LogP contribution is -2.57. The van der Waals surface area contributed by atoms with Crippen LogP contribution >= 0.6 is 0 Å². The number of amides is 1. The average molecular weight is 619 g/mol. The molecule has 1 aliphatic carbocycles. The number of hydrogen-bond acceptors (Lipinski definition) is 9. The van der Waals surface area contributed by atoms with E-state index in [4.69, 9.17) is 23.7 Å². The molecular formula is C31H42N2O9S. The zero-order valence-electron chi connectivity index (χ0n) is 24.6. The van der Waals surface area contributed by atoms with Crippen molar-refractivity contribution < 1.29 is 42.0 Å². The monoisotopic (exact) mass is 618 g/mol. The van der Waals surface area contributed by atoms with E-state index in [0.29, 0.717) is 12.4 Å². The minimum absolute atomic E-state index is 0.0283. The van der Waals surface area contributed by atoms with Gasteiger partial charge in [-0.15, -0.1) is 0 Å². The van der Waals surface area contributed by atoms with Crippen LogP contribution in [0, 0.1) is 5.92 Å². The van der Waals surface area contributed by atoms with Crippen LogP contribution in [-0.4, -0.2) is 75.8 Å². The van der Waals surface area contributed by atoms with E-state index < -0.39 is 40.6 Å². The second-order valence-corrected chi connectivity index (χ2v) is 13.3. The Kier molecular flexibility index (Phi) is 10.6. The number of carbonyl (C=O) groups is 1. The zero-order chi connectivity index (χ0) is 30.4. The van der Waals surface area contributed by atoms with Crippen LogP contribution in [0.5, 0.6) is 5.75 Å². The van der Waals surface area contributed by atoms with Gasteiger partial charge in [0.1, 0.15) is 24.2 Å². The predicted octanol–water partition coefficient (Wildman–Crippen LogP) is 3.50. The summed E-state index contributed by atoms with van der Waals surface area (Å²) in [5, 5.41) is 14.5. The van der Waals surface area contributed by atoms with Crippen LogP contribution in [0.2, 0.25) is 0 Å². The number of carbonyl (C=O) groups excluding carboxylic acids is 1. The standard InChI is InChI=1S/C31H42N2O9S/c1-20(2)40-23-13-8-14-24(18-23)43(36,37)33-29(41-22-11-6-7-12-22)28(34)26(17-21-9-4-3-5-10-21)32-31(35)42-27-19-39-30-25(27)15-16-38-30/h3-5,8-10,13-14,18,20,22,25-30,33-34H,6-7,11-12,15-17,19H2,1-2H3,(H,32,35)/t25-,26-,27-,28+,29?,30+/m0/s1. The molecule has 2 aromatic rings. The molecule has 0 bridgehead atoms. The number of aliphatic hydroxyl groups is 1. The first-order chi connectivity index (χ1) is 20.7. The SMILES string of the molecule is CC(C)Oc1cccc(S(=O)(=O)NC(OC2CCCC2)[C@H](O)[C@H](Cc2ccccc2)NC(=O)O[C@H]2CO[C@H]3OCC[C@H]32)c1. The van der Waals surface area contributed by atoms with Crippen LogP contribution < -0.4 is 14.8 Å². The average Bonchev–Trinajstić information content (AvgIpc) is 3.73. The molecule has 0 aromatic heterocycles. The molecule has 1 unspecified atom stereocenters. The van der Waals surface area contributed by atoms with E-state index >= 15 is 0 Å². The first-order valence-electron chi connectivity index (χ1n) is 15.0. The molecule has 12 heteroatoms. The number of rotatable bonds is 13. The molecule has 2 heterocycles. The highest BCUT2D eigenvalue weighted by Gasteiger charge is 2.44. The third-order valence-corrected chi connectivity index (χ3v) is 9.39. The lowest BCUT2D eigenvalue weighted by atomic mass is 10.00. The van der Waals surface area contributed by atoms with Gasteiger partial charge in [-0.2, -0.15) is 4.72 Å². The molecule has 6 atom stereocenters. The predicted molar refractivity (Wildman–Crippen MR) is 157 cm³/mol. The number of fused-ring (bicyclic) bond motifs is 1. The Morgan fingerprint density at radius 3 is 2.56 bits per heavy atom. The van der Waals surface area contributed by atoms with Gasteiger partial charge < -0.3 is 34.1 Å². The Balaban J connectivity index is 1.36. The smallest absolute Gasteiger partial charge is 0.407 e. The van der Waals surface area contributed by atoms with E-state index in [1.54, 1.807) is 12.1 Å². The Labute approximate surface area is 253 Å². The molecule has 236 valence electrons. The Morgan fingerprint density at radius 1 is 1.05 bits per heavy atom. The van der Waals surface area contributed by atoms with E-state index in [1.807, 2.05) is 44.2 Å². The number of hydrogen-bond donors (Lipinski definition) is 3. The molecule has 3 fully saturated rings. The number of aliphatic hydroxyl groups excluding tert-OH is 1. The summed E-state index contributed by atoms with van der Waals surface area (Å²) in [6.07, 6.45) is -0.472.